The topological polar surface area (TPSA) is 21.3 Å². The Hall–Kier alpha value is -0.0800. The molecule has 2 heteroatoms. The zero-order chi connectivity index (χ0) is 9.52. The van der Waals surface area contributed by atoms with Gasteiger partial charge >= 0.3 is 0 Å². The SMILES string of the molecule is CC(C)NCCOCCC1CCC1. The first-order chi connectivity index (χ1) is 6.29. The Kier molecular flexibility index (Phi) is 5.40. The minimum absolute atomic E-state index is 0.579. The first-order valence-electron chi connectivity index (χ1n) is 5.60. The molecule has 1 rings (SSSR count). The molecule has 2 nitrogen and oxygen atoms in total. The fraction of sp³-hybridized carbons (Fsp3) is 1.00. The quantitative estimate of drug-likeness (QED) is 0.614. The number of nitrogens with one attached hydrogen (secondary N) is 1. The fourth-order valence-electron chi connectivity index (χ4n) is 1.55. The Bertz CT molecular complexity index is 121. The van der Waals surface area contributed by atoms with E-state index in [0.29, 0.717) is 6.04 Å². The Balaban J connectivity index is 1.73. The predicted octanol–water partition coefficient (Wildman–Crippen LogP) is 2.19. The smallest absolute Gasteiger partial charge is 0.0590 e. The molecule has 13 heavy (non-hydrogen) atoms. The Labute approximate surface area is 82.0 Å². The van der Waals surface area contributed by atoms with E-state index in [1.807, 2.05) is 0 Å². The van der Waals surface area contributed by atoms with E-state index in [4.69, 9.17) is 4.74 Å². The van der Waals surface area contributed by atoms with Gasteiger partial charge in [-0.05, 0) is 12.3 Å². The van der Waals surface area contributed by atoms with Crippen molar-refractivity contribution in [2.45, 2.75) is 45.6 Å². The van der Waals surface area contributed by atoms with Crippen molar-refractivity contribution in [3.63, 3.8) is 0 Å². The van der Waals surface area contributed by atoms with Crippen LogP contribution in [0, 0.1) is 5.92 Å². The molecular formula is C11H23NO. The molecule has 0 radical (unpaired) electrons. The Morgan fingerprint density at radius 3 is 2.62 bits per heavy atom. The summed E-state index contributed by atoms with van der Waals surface area (Å²) in [6.45, 7) is 7.14. The molecule has 1 fully saturated rings. The molecule has 0 spiro atoms. The van der Waals surface area contributed by atoms with Gasteiger partial charge in [0.1, 0.15) is 0 Å². The van der Waals surface area contributed by atoms with Gasteiger partial charge in [0, 0.05) is 19.2 Å². The van der Waals surface area contributed by atoms with E-state index in [2.05, 4.69) is 19.2 Å². The monoisotopic (exact) mass is 185 g/mol. The first kappa shape index (κ1) is 11.0. The maximum atomic E-state index is 5.53. The summed E-state index contributed by atoms with van der Waals surface area (Å²) in [6.07, 6.45) is 5.60. The van der Waals surface area contributed by atoms with Crippen LogP contribution in [0.4, 0.5) is 0 Å². The van der Waals surface area contributed by atoms with Gasteiger partial charge < -0.3 is 10.1 Å². The van der Waals surface area contributed by atoms with Gasteiger partial charge in [0.2, 0.25) is 0 Å². The van der Waals surface area contributed by atoms with Crippen LogP contribution >= 0.6 is 0 Å². The largest absolute Gasteiger partial charge is 0.380 e. The van der Waals surface area contributed by atoms with E-state index < -0.39 is 0 Å². The molecule has 0 bridgehead atoms. The summed E-state index contributed by atoms with van der Waals surface area (Å²) in [7, 11) is 0. The molecule has 0 aliphatic heterocycles. The predicted molar refractivity (Wildman–Crippen MR) is 55.9 cm³/mol. The molecule has 1 aliphatic carbocycles. The fourth-order valence-corrected chi connectivity index (χ4v) is 1.55. The average Bonchev–Trinajstić information content (AvgIpc) is 1.99. The van der Waals surface area contributed by atoms with Gasteiger partial charge in [-0.2, -0.15) is 0 Å². The molecule has 78 valence electrons. The van der Waals surface area contributed by atoms with Gasteiger partial charge in [0.05, 0.1) is 6.61 Å². The first-order valence-corrected chi connectivity index (χ1v) is 5.60. The van der Waals surface area contributed by atoms with Crippen LogP contribution in [0.15, 0.2) is 0 Å². The van der Waals surface area contributed by atoms with Crippen molar-refractivity contribution < 1.29 is 4.74 Å². The lowest BCUT2D eigenvalue weighted by Crippen LogP contribution is -2.27. The molecule has 0 aromatic carbocycles. The van der Waals surface area contributed by atoms with E-state index in [0.717, 1.165) is 25.7 Å². The van der Waals surface area contributed by atoms with E-state index in [-0.39, 0.29) is 0 Å². The molecule has 0 atom stereocenters. The zero-order valence-electron chi connectivity index (χ0n) is 9.01. The van der Waals surface area contributed by atoms with Crippen LogP contribution in [-0.4, -0.2) is 25.8 Å². The van der Waals surface area contributed by atoms with Crippen molar-refractivity contribution in [2.24, 2.45) is 5.92 Å². The van der Waals surface area contributed by atoms with Crippen LogP contribution in [0.1, 0.15) is 39.5 Å². The average molecular weight is 185 g/mol. The molecular weight excluding hydrogens is 162 g/mol. The third-order valence-electron chi connectivity index (χ3n) is 2.69. The molecule has 1 aliphatic rings. The highest BCUT2D eigenvalue weighted by Crippen LogP contribution is 2.28. The van der Waals surface area contributed by atoms with Crippen molar-refractivity contribution in [3.05, 3.63) is 0 Å². The van der Waals surface area contributed by atoms with Gasteiger partial charge in [-0.25, -0.2) is 0 Å². The Morgan fingerprint density at radius 2 is 2.08 bits per heavy atom. The molecule has 0 aromatic rings. The summed E-state index contributed by atoms with van der Waals surface area (Å²) in [5, 5.41) is 3.34. The van der Waals surface area contributed by atoms with Crippen LogP contribution < -0.4 is 5.32 Å². The number of rotatable bonds is 7. The second-order valence-corrected chi connectivity index (χ2v) is 4.31. The van der Waals surface area contributed by atoms with Crippen LogP contribution in [0.3, 0.4) is 0 Å². The second-order valence-electron chi connectivity index (χ2n) is 4.31. The standard InChI is InChI=1S/C11H23NO/c1-10(2)12-7-9-13-8-6-11-4-3-5-11/h10-12H,3-9H2,1-2H3. The van der Waals surface area contributed by atoms with E-state index in [1.165, 1.54) is 25.7 Å². The van der Waals surface area contributed by atoms with Gasteiger partial charge in [-0.1, -0.05) is 33.1 Å². The summed E-state index contributed by atoms with van der Waals surface area (Å²) in [6, 6.07) is 0.579. The minimum Gasteiger partial charge on any atom is -0.380 e. The summed E-state index contributed by atoms with van der Waals surface area (Å²) < 4.78 is 5.53. The maximum Gasteiger partial charge on any atom is 0.0590 e. The molecule has 0 unspecified atom stereocenters. The van der Waals surface area contributed by atoms with Gasteiger partial charge in [-0.15, -0.1) is 0 Å². The minimum atomic E-state index is 0.579. The highest BCUT2D eigenvalue weighted by atomic mass is 16.5. The van der Waals surface area contributed by atoms with Crippen molar-refractivity contribution in [2.75, 3.05) is 19.8 Å². The highest BCUT2D eigenvalue weighted by Gasteiger charge is 2.16. The van der Waals surface area contributed by atoms with Gasteiger partial charge in [-0.3, -0.25) is 0 Å². The van der Waals surface area contributed by atoms with Gasteiger partial charge in [0.15, 0.2) is 0 Å². The summed E-state index contributed by atoms with van der Waals surface area (Å²) in [5.74, 6) is 0.984. The lowest BCUT2D eigenvalue weighted by atomic mass is 9.83. The van der Waals surface area contributed by atoms with Crippen LogP contribution in [0.5, 0.6) is 0 Å². The summed E-state index contributed by atoms with van der Waals surface area (Å²) in [5.41, 5.74) is 0. The normalized spacial score (nSPS) is 17.8. The van der Waals surface area contributed by atoms with Gasteiger partial charge in [0.25, 0.3) is 0 Å². The van der Waals surface area contributed by atoms with Crippen molar-refractivity contribution >= 4 is 0 Å². The zero-order valence-corrected chi connectivity index (χ0v) is 9.01. The molecule has 0 heterocycles. The van der Waals surface area contributed by atoms with Crippen molar-refractivity contribution in [1.29, 1.82) is 0 Å². The number of hydrogen-bond donors (Lipinski definition) is 1. The number of ether oxygens (including phenoxy) is 1. The summed E-state index contributed by atoms with van der Waals surface area (Å²) >= 11 is 0. The highest BCUT2D eigenvalue weighted by molar-refractivity contribution is 4.68. The Morgan fingerprint density at radius 1 is 1.31 bits per heavy atom. The molecule has 0 saturated heterocycles. The maximum absolute atomic E-state index is 5.53. The van der Waals surface area contributed by atoms with E-state index >= 15 is 0 Å². The van der Waals surface area contributed by atoms with Crippen LogP contribution in [-0.2, 0) is 4.74 Å². The lowest BCUT2D eigenvalue weighted by Gasteiger charge is -2.24. The molecule has 1 saturated carbocycles. The molecule has 1 N–H and O–H groups in total. The lowest BCUT2D eigenvalue weighted by molar-refractivity contribution is 0.107. The number of hydrogen-bond acceptors (Lipinski definition) is 2. The molecule has 0 aromatic heterocycles. The van der Waals surface area contributed by atoms with Crippen LogP contribution in [0.2, 0.25) is 0 Å². The third kappa shape index (κ3) is 5.27. The summed E-state index contributed by atoms with van der Waals surface area (Å²) in [4.78, 5) is 0. The third-order valence-corrected chi connectivity index (χ3v) is 2.69. The van der Waals surface area contributed by atoms with Crippen molar-refractivity contribution in [3.8, 4) is 0 Å². The van der Waals surface area contributed by atoms with E-state index in [9.17, 15) is 0 Å². The van der Waals surface area contributed by atoms with Crippen molar-refractivity contribution in [1.82, 2.24) is 5.32 Å². The second kappa shape index (κ2) is 6.39. The van der Waals surface area contributed by atoms with Crippen LogP contribution in [0.25, 0.3) is 0 Å². The molecule has 0 amide bonds. The van der Waals surface area contributed by atoms with E-state index in [1.54, 1.807) is 0 Å².